The molecule has 3 N–H and O–H groups in total. The van der Waals surface area contributed by atoms with Gasteiger partial charge in [-0.05, 0) is 31.7 Å². The highest BCUT2D eigenvalue weighted by Crippen LogP contribution is 2.16. The van der Waals surface area contributed by atoms with E-state index in [1.54, 1.807) is 11.8 Å². The number of nitrogens with two attached hydrogens (primary N) is 1. The molecule has 0 aliphatic rings. The van der Waals surface area contributed by atoms with Crippen molar-refractivity contribution in [2.45, 2.75) is 40.5 Å². The predicted molar refractivity (Wildman–Crippen MR) is 75.7 cm³/mol. The lowest BCUT2D eigenvalue weighted by Gasteiger charge is -2.25. The fourth-order valence-corrected chi connectivity index (χ4v) is 2.12. The SMILES string of the molecule is CCN(CC(C)C(=O)O)C(=O)C[C@@H](CN)CC(C)C. The number of hydrogen-bond acceptors (Lipinski definition) is 3. The summed E-state index contributed by atoms with van der Waals surface area (Å²) in [5.41, 5.74) is 5.70. The topological polar surface area (TPSA) is 83.6 Å². The Morgan fingerprint density at radius 3 is 2.21 bits per heavy atom. The van der Waals surface area contributed by atoms with Crippen molar-refractivity contribution in [3.8, 4) is 0 Å². The Balaban J connectivity index is 4.45. The van der Waals surface area contributed by atoms with Gasteiger partial charge >= 0.3 is 5.97 Å². The Bertz CT molecular complexity index is 292. The van der Waals surface area contributed by atoms with Crippen molar-refractivity contribution in [2.24, 2.45) is 23.5 Å². The van der Waals surface area contributed by atoms with Gasteiger partial charge in [-0.2, -0.15) is 0 Å². The molecule has 5 heteroatoms. The summed E-state index contributed by atoms with van der Waals surface area (Å²) in [6, 6.07) is 0. The van der Waals surface area contributed by atoms with E-state index in [2.05, 4.69) is 13.8 Å². The third-order valence-electron chi connectivity index (χ3n) is 3.25. The van der Waals surface area contributed by atoms with Crippen LogP contribution in [0.4, 0.5) is 0 Å². The average molecular weight is 272 g/mol. The quantitative estimate of drug-likeness (QED) is 0.667. The third kappa shape index (κ3) is 7.15. The molecule has 0 aromatic carbocycles. The summed E-state index contributed by atoms with van der Waals surface area (Å²) in [5.74, 6) is -0.711. The first-order chi connectivity index (χ1) is 8.81. The normalized spacial score (nSPS) is 14.2. The maximum atomic E-state index is 12.2. The molecule has 0 saturated carbocycles. The molecule has 5 nitrogen and oxygen atoms in total. The monoisotopic (exact) mass is 272 g/mol. The summed E-state index contributed by atoms with van der Waals surface area (Å²) in [6.45, 7) is 9.00. The maximum absolute atomic E-state index is 12.2. The second kappa shape index (κ2) is 8.91. The van der Waals surface area contributed by atoms with E-state index in [0.717, 1.165) is 6.42 Å². The molecule has 112 valence electrons. The minimum Gasteiger partial charge on any atom is -0.481 e. The van der Waals surface area contributed by atoms with Gasteiger partial charge in [-0.25, -0.2) is 0 Å². The fraction of sp³-hybridized carbons (Fsp3) is 0.857. The molecule has 0 rings (SSSR count). The first-order valence-electron chi connectivity index (χ1n) is 7.02. The summed E-state index contributed by atoms with van der Waals surface area (Å²) in [7, 11) is 0. The highest BCUT2D eigenvalue weighted by atomic mass is 16.4. The minimum atomic E-state index is -0.871. The van der Waals surface area contributed by atoms with Crippen molar-refractivity contribution < 1.29 is 14.7 Å². The van der Waals surface area contributed by atoms with E-state index in [4.69, 9.17) is 10.8 Å². The van der Waals surface area contributed by atoms with Crippen LogP contribution >= 0.6 is 0 Å². The van der Waals surface area contributed by atoms with E-state index in [0.29, 0.717) is 25.4 Å². The number of carboxylic acids is 1. The summed E-state index contributed by atoms with van der Waals surface area (Å²) >= 11 is 0. The van der Waals surface area contributed by atoms with Crippen molar-refractivity contribution in [3.05, 3.63) is 0 Å². The maximum Gasteiger partial charge on any atom is 0.308 e. The van der Waals surface area contributed by atoms with Crippen molar-refractivity contribution in [3.63, 3.8) is 0 Å². The lowest BCUT2D eigenvalue weighted by molar-refractivity contribution is -0.143. The van der Waals surface area contributed by atoms with Crippen LogP contribution in [0.3, 0.4) is 0 Å². The smallest absolute Gasteiger partial charge is 0.308 e. The first-order valence-corrected chi connectivity index (χ1v) is 7.02. The fourth-order valence-electron chi connectivity index (χ4n) is 2.12. The molecule has 0 heterocycles. The highest BCUT2D eigenvalue weighted by Gasteiger charge is 2.22. The van der Waals surface area contributed by atoms with Crippen LogP contribution in [0, 0.1) is 17.8 Å². The zero-order chi connectivity index (χ0) is 15.0. The summed E-state index contributed by atoms with van der Waals surface area (Å²) in [5, 5.41) is 8.90. The van der Waals surface area contributed by atoms with Crippen LogP contribution in [0.25, 0.3) is 0 Å². The van der Waals surface area contributed by atoms with Gasteiger partial charge in [0.2, 0.25) is 5.91 Å². The largest absolute Gasteiger partial charge is 0.481 e. The molecule has 0 aromatic heterocycles. The number of hydrogen-bond donors (Lipinski definition) is 2. The second-order valence-electron chi connectivity index (χ2n) is 5.61. The summed E-state index contributed by atoms with van der Waals surface area (Å²) < 4.78 is 0. The molecular formula is C14H28N2O3. The molecule has 0 spiro atoms. The minimum absolute atomic E-state index is 0.00620. The average Bonchev–Trinajstić information content (AvgIpc) is 2.33. The number of carboxylic acid groups (broad SMARTS) is 1. The zero-order valence-corrected chi connectivity index (χ0v) is 12.6. The molecule has 0 radical (unpaired) electrons. The molecule has 0 aromatic rings. The molecule has 1 unspecified atom stereocenters. The van der Waals surface area contributed by atoms with Gasteiger partial charge in [0, 0.05) is 19.5 Å². The molecule has 0 fully saturated rings. The number of rotatable bonds is 9. The lowest BCUT2D eigenvalue weighted by atomic mass is 9.93. The van der Waals surface area contributed by atoms with Crippen LogP contribution in [0.5, 0.6) is 0 Å². The first kappa shape index (κ1) is 17.9. The molecule has 19 heavy (non-hydrogen) atoms. The Kier molecular flexibility index (Phi) is 8.39. The third-order valence-corrected chi connectivity index (χ3v) is 3.25. The lowest BCUT2D eigenvalue weighted by Crippen LogP contribution is -2.38. The van der Waals surface area contributed by atoms with Gasteiger partial charge in [0.25, 0.3) is 0 Å². The standard InChI is InChI=1S/C14H28N2O3/c1-5-16(9-11(4)14(18)19)13(17)7-12(8-15)6-10(2)3/h10-12H,5-9,15H2,1-4H3,(H,18,19)/t11?,12-/m0/s1. The molecule has 2 atom stereocenters. The van der Waals surface area contributed by atoms with Crippen LogP contribution in [0.15, 0.2) is 0 Å². The van der Waals surface area contributed by atoms with Gasteiger partial charge in [-0.3, -0.25) is 9.59 Å². The van der Waals surface area contributed by atoms with Gasteiger partial charge in [0.05, 0.1) is 5.92 Å². The van der Waals surface area contributed by atoms with Gasteiger partial charge in [0.15, 0.2) is 0 Å². The Hall–Kier alpha value is -1.10. The molecule has 0 aliphatic carbocycles. The zero-order valence-electron chi connectivity index (χ0n) is 12.6. The van der Waals surface area contributed by atoms with E-state index in [9.17, 15) is 9.59 Å². The number of aliphatic carboxylic acids is 1. The van der Waals surface area contributed by atoms with Crippen LogP contribution in [0.2, 0.25) is 0 Å². The van der Waals surface area contributed by atoms with Crippen molar-refractivity contribution in [1.29, 1.82) is 0 Å². The molecule has 0 bridgehead atoms. The van der Waals surface area contributed by atoms with Crippen LogP contribution < -0.4 is 5.73 Å². The second-order valence-corrected chi connectivity index (χ2v) is 5.61. The Labute approximate surface area is 116 Å². The van der Waals surface area contributed by atoms with Crippen molar-refractivity contribution in [2.75, 3.05) is 19.6 Å². The summed E-state index contributed by atoms with van der Waals surface area (Å²) in [6.07, 6.45) is 1.34. The van der Waals surface area contributed by atoms with Gasteiger partial charge in [-0.1, -0.05) is 20.8 Å². The van der Waals surface area contributed by atoms with Gasteiger partial charge in [-0.15, -0.1) is 0 Å². The van der Waals surface area contributed by atoms with Crippen molar-refractivity contribution in [1.82, 2.24) is 4.90 Å². The van der Waals surface area contributed by atoms with Crippen LogP contribution in [-0.4, -0.2) is 41.5 Å². The Morgan fingerprint density at radius 2 is 1.84 bits per heavy atom. The molecule has 1 amide bonds. The number of carbonyl (C=O) groups is 2. The van der Waals surface area contributed by atoms with E-state index in [1.165, 1.54) is 0 Å². The van der Waals surface area contributed by atoms with Crippen molar-refractivity contribution >= 4 is 11.9 Å². The number of carbonyl (C=O) groups excluding carboxylic acids is 1. The van der Waals surface area contributed by atoms with Crippen LogP contribution in [0.1, 0.15) is 40.5 Å². The number of nitrogens with zero attached hydrogens (tertiary/aromatic N) is 1. The number of amides is 1. The molecular weight excluding hydrogens is 244 g/mol. The van der Waals surface area contributed by atoms with E-state index >= 15 is 0 Å². The van der Waals surface area contributed by atoms with E-state index in [-0.39, 0.29) is 18.4 Å². The van der Waals surface area contributed by atoms with Crippen LogP contribution in [-0.2, 0) is 9.59 Å². The highest BCUT2D eigenvalue weighted by molar-refractivity contribution is 5.77. The summed E-state index contributed by atoms with van der Waals surface area (Å²) in [4.78, 5) is 24.6. The molecule has 0 saturated heterocycles. The molecule has 0 aliphatic heterocycles. The predicted octanol–water partition coefficient (Wildman–Crippen LogP) is 1.57. The Morgan fingerprint density at radius 1 is 1.26 bits per heavy atom. The van der Waals surface area contributed by atoms with Gasteiger partial charge < -0.3 is 15.7 Å². The van der Waals surface area contributed by atoms with E-state index < -0.39 is 11.9 Å². The van der Waals surface area contributed by atoms with Gasteiger partial charge in [0.1, 0.15) is 0 Å². The van der Waals surface area contributed by atoms with E-state index in [1.807, 2.05) is 6.92 Å².